The Hall–Kier alpha value is -4.26. The molecule has 3 aromatic carbocycles. The molecule has 0 spiro atoms. The number of anilines is 1. The van der Waals surface area contributed by atoms with E-state index in [-0.39, 0.29) is 42.1 Å². The molecule has 0 aliphatic carbocycles. The molecule has 0 bridgehead atoms. The average Bonchev–Trinajstić information content (AvgIpc) is 3.55. The lowest BCUT2D eigenvalue weighted by Gasteiger charge is -2.36. The first-order chi connectivity index (χ1) is 22.3. The van der Waals surface area contributed by atoms with E-state index in [2.05, 4.69) is 10.3 Å². The van der Waals surface area contributed by atoms with Crippen molar-refractivity contribution in [2.75, 3.05) is 4.90 Å². The van der Waals surface area contributed by atoms with E-state index < -0.39 is 30.2 Å². The molecule has 4 atom stereocenters. The maximum absolute atomic E-state index is 13.3. The molecule has 46 heavy (non-hydrogen) atoms. The van der Waals surface area contributed by atoms with Crippen molar-refractivity contribution in [2.45, 2.75) is 57.1 Å². The predicted octanol–water partition coefficient (Wildman–Crippen LogP) is 5.49. The highest BCUT2D eigenvalue weighted by Gasteiger charge is 2.41. The van der Waals surface area contributed by atoms with Gasteiger partial charge in [-0.25, -0.2) is 14.7 Å². The Kier molecular flexibility index (Phi) is 9.67. The zero-order chi connectivity index (χ0) is 32.2. The van der Waals surface area contributed by atoms with Gasteiger partial charge in [-0.05, 0) is 28.8 Å². The van der Waals surface area contributed by atoms with E-state index >= 15 is 0 Å². The number of carbonyl (C=O) groups is 3. The van der Waals surface area contributed by atoms with Crippen molar-refractivity contribution in [3.63, 3.8) is 0 Å². The van der Waals surface area contributed by atoms with Gasteiger partial charge in [-0.15, -0.1) is 0 Å². The highest BCUT2D eigenvalue weighted by molar-refractivity contribution is 6.40. The van der Waals surface area contributed by atoms with E-state index in [0.717, 1.165) is 21.6 Å². The minimum absolute atomic E-state index is 0.0301. The van der Waals surface area contributed by atoms with Crippen molar-refractivity contribution in [2.24, 2.45) is 0 Å². The van der Waals surface area contributed by atoms with Gasteiger partial charge in [0.05, 0.1) is 43.8 Å². The van der Waals surface area contributed by atoms with Gasteiger partial charge in [-0.3, -0.25) is 9.59 Å². The number of aliphatic hydroxyl groups excluding tert-OH is 1. The van der Waals surface area contributed by atoms with Gasteiger partial charge in [0.2, 0.25) is 5.91 Å². The molecular weight excluding hydrogens is 635 g/mol. The number of imide groups is 1. The molecule has 0 radical (unpaired) electrons. The number of imidazole rings is 1. The average molecular weight is 666 g/mol. The van der Waals surface area contributed by atoms with E-state index in [1.54, 1.807) is 28.8 Å². The van der Waals surface area contributed by atoms with Gasteiger partial charge in [0, 0.05) is 12.0 Å². The lowest BCUT2D eigenvalue weighted by Crippen LogP contribution is -2.42. The quantitative estimate of drug-likeness (QED) is 0.225. The number of nitrogens with one attached hydrogen (secondary N) is 1. The second-order valence-corrected chi connectivity index (χ2v) is 11.7. The number of ether oxygens (including phenoxy) is 3. The molecule has 1 aromatic heterocycles. The second-order valence-electron chi connectivity index (χ2n) is 11.0. The Bertz CT molecular complexity index is 1720. The third-order valence-electron chi connectivity index (χ3n) is 7.80. The zero-order valence-corrected chi connectivity index (χ0v) is 25.9. The minimum atomic E-state index is -1.07. The molecule has 238 valence electrons. The maximum atomic E-state index is 13.3. The molecule has 11 nitrogen and oxygen atoms in total. The smallest absolute Gasteiger partial charge is 0.408 e. The standard InChI is InChI=1S/C33H30Cl2N4O7/c34-29-30(35)38(19-36-29)16-25-14-27(22-11-9-20(17-40)10-12-22)46-32(45-25)23-7-4-8-24(13-23)39-28(41)15-26(31(39)42)37-33(43)44-18-21-5-2-1-3-6-21/h1-13,19,25-27,32,40H,14-18H2,(H,37,43)/t25-,26?,27+,32+/m1/s1. The van der Waals surface area contributed by atoms with Gasteiger partial charge in [0.15, 0.2) is 11.4 Å². The fourth-order valence-corrected chi connectivity index (χ4v) is 5.77. The monoisotopic (exact) mass is 664 g/mol. The van der Waals surface area contributed by atoms with Crippen molar-refractivity contribution < 1.29 is 33.7 Å². The third-order valence-corrected chi connectivity index (χ3v) is 8.57. The van der Waals surface area contributed by atoms with Crippen molar-refractivity contribution >= 4 is 46.8 Å². The van der Waals surface area contributed by atoms with Gasteiger partial charge in [0.1, 0.15) is 17.8 Å². The van der Waals surface area contributed by atoms with Crippen LogP contribution in [-0.2, 0) is 43.6 Å². The SMILES string of the molecule is O=C(NC1CC(=O)N(c2cccc([C@H]3O[C@@H](Cn4cnc(Cl)c4Cl)C[C@@H](c4ccc(CO)cc4)O3)c2)C1=O)OCc1ccccc1. The summed E-state index contributed by atoms with van der Waals surface area (Å²) >= 11 is 12.4. The summed E-state index contributed by atoms with van der Waals surface area (Å²) < 4.78 is 19.7. The highest BCUT2D eigenvalue weighted by atomic mass is 35.5. The minimum Gasteiger partial charge on any atom is -0.445 e. The molecule has 2 saturated heterocycles. The van der Waals surface area contributed by atoms with Crippen molar-refractivity contribution in [3.05, 3.63) is 118 Å². The van der Waals surface area contributed by atoms with Crippen LogP contribution in [0.4, 0.5) is 10.5 Å². The summed E-state index contributed by atoms with van der Waals surface area (Å²) in [4.78, 5) is 43.9. The molecule has 2 N–H and O–H groups in total. The molecule has 6 rings (SSSR count). The highest BCUT2D eigenvalue weighted by Crippen LogP contribution is 2.40. The van der Waals surface area contributed by atoms with Crippen molar-refractivity contribution in [3.8, 4) is 0 Å². The van der Waals surface area contributed by atoms with Crippen LogP contribution in [0.3, 0.4) is 0 Å². The van der Waals surface area contributed by atoms with Crippen molar-refractivity contribution in [1.82, 2.24) is 14.9 Å². The Labute approximate surface area is 274 Å². The molecule has 4 aromatic rings. The van der Waals surface area contributed by atoms with E-state index in [9.17, 15) is 19.5 Å². The summed E-state index contributed by atoms with van der Waals surface area (Å²) in [7, 11) is 0. The number of aromatic nitrogens is 2. The molecule has 3 heterocycles. The molecule has 2 aliphatic heterocycles. The Balaban J connectivity index is 1.18. The van der Waals surface area contributed by atoms with Crippen LogP contribution in [0.25, 0.3) is 0 Å². The number of rotatable bonds is 9. The van der Waals surface area contributed by atoms with E-state index in [1.165, 1.54) is 6.33 Å². The maximum Gasteiger partial charge on any atom is 0.408 e. The number of halogens is 2. The summed E-state index contributed by atoms with van der Waals surface area (Å²) in [5.41, 5.74) is 3.35. The predicted molar refractivity (Wildman–Crippen MR) is 168 cm³/mol. The van der Waals surface area contributed by atoms with Gasteiger partial charge < -0.3 is 29.2 Å². The summed E-state index contributed by atoms with van der Waals surface area (Å²) in [5.74, 6) is -1.04. The van der Waals surface area contributed by atoms with Gasteiger partial charge >= 0.3 is 6.09 Å². The van der Waals surface area contributed by atoms with Gasteiger partial charge in [0.25, 0.3) is 5.91 Å². The number of carbonyl (C=O) groups excluding carboxylic acids is 3. The number of benzene rings is 3. The lowest BCUT2D eigenvalue weighted by molar-refractivity contribution is -0.252. The Morgan fingerprint density at radius 1 is 0.978 bits per heavy atom. The zero-order valence-electron chi connectivity index (χ0n) is 24.4. The number of aliphatic hydroxyl groups is 1. The van der Waals surface area contributed by atoms with Crippen LogP contribution in [-0.4, -0.2) is 44.7 Å². The van der Waals surface area contributed by atoms with Crippen LogP contribution in [0, 0.1) is 0 Å². The fourth-order valence-electron chi connectivity index (χ4n) is 5.46. The number of hydrogen-bond acceptors (Lipinski definition) is 8. The van der Waals surface area contributed by atoms with E-state index in [4.69, 9.17) is 37.4 Å². The van der Waals surface area contributed by atoms with Crippen LogP contribution in [0.5, 0.6) is 0 Å². The summed E-state index contributed by atoms with van der Waals surface area (Å²) in [6.45, 7) is 0.300. The first-order valence-electron chi connectivity index (χ1n) is 14.6. The summed E-state index contributed by atoms with van der Waals surface area (Å²) in [5, 5.41) is 12.5. The number of amides is 3. The number of alkyl carbamates (subject to hydrolysis) is 1. The first kappa shape index (κ1) is 31.7. The topological polar surface area (TPSA) is 132 Å². The van der Waals surface area contributed by atoms with Crippen LogP contribution in [0.1, 0.15) is 47.5 Å². The Morgan fingerprint density at radius 2 is 1.76 bits per heavy atom. The van der Waals surface area contributed by atoms with E-state index in [0.29, 0.717) is 24.2 Å². The van der Waals surface area contributed by atoms with Gasteiger partial charge in [-0.1, -0.05) is 89.9 Å². The fraction of sp³-hybridized carbons (Fsp3) is 0.273. The van der Waals surface area contributed by atoms with Crippen molar-refractivity contribution in [1.29, 1.82) is 0 Å². The first-order valence-corrected chi connectivity index (χ1v) is 15.4. The summed E-state index contributed by atoms with van der Waals surface area (Å²) in [6, 6.07) is 22.3. The Morgan fingerprint density at radius 3 is 2.48 bits per heavy atom. The largest absolute Gasteiger partial charge is 0.445 e. The lowest BCUT2D eigenvalue weighted by atomic mass is 10.00. The molecule has 3 amide bonds. The molecule has 2 aliphatic rings. The molecule has 0 saturated carbocycles. The van der Waals surface area contributed by atoms with Crippen LogP contribution < -0.4 is 10.2 Å². The van der Waals surface area contributed by atoms with E-state index in [1.807, 2.05) is 54.6 Å². The number of hydrogen-bond donors (Lipinski definition) is 2. The second kappa shape index (κ2) is 14.0. The van der Waals surface area contributed by atoms with Crippen LogP contribution in [0.15, 0.2) is 85.2 Å². The van der Waals surface area contributed by atoms with Crippen LogP contribution in [0.2, 0.25) is 10.3 Å². The number of nitrogens with zero attached hydrogens (tertiary/aromatic N) is 3. The van der Waals surface area contributed by atoms with Gasteiger partial charge in [-0.2, -0.15) is 0 Å². The normalized spacial score (nSPS) is 21.4. The third kappa shape index (κ3) is 7.09. The molecule has 13 heteroatoms. The molecule has 2 fully saturated rings. The molecule has 1 unspecified atom stereocenters. The summed E-state index contributed by atoms with van der Waals surface area (Å²) in [6.07, 6.45) is -0.607. The van der Waals surface area contributed by atoms with Crippen LogP contribution >= 0.6 is 23.2 Å². The molecular formula is C33H30Cl2N4O7.